The average Bonchev–Trinajstić information content (AvgIpc) is 3.18. The molecule has 1 saturated heterocycles. The standard InChI is InChI=1S/C40H34F3N5O5S2/c41-40(42,43)36-25-34(16-17-37(36)45-18-23-54-33-7-2-1-3-8-33)55(52,53)46-38(50)30-12-14-31(15-13-30)47-19-21-48(22-20-47)39(51)35-9-5-4-6-29(35)11-10-28-24-32(49)27-44-26-28/h1-9,12-17,24-27,45,49H,18-23H2,(H,46,50). The van der Waals surface area contributed by atoms with Crippen LogP contribution in [0, 0.1) is 11.8 Å². The topological polar surface area (TPSA) is 132 Å². The number of benzene rings is 4. The van der Waals surface area contributed by atoms with E-state index in [2.05, 4.69) is 22.1 Å². The lowest BCUT2D eigenvalue weighted by Crippen LogP contribution is -2.49. The van der Waals surface area contributed by atoms with Gasteiger partial charge in [0.25, 0.3) is 21.8 Å². The van der Waals surface area contributed by atoms with Crippen molar-refractivity contribution in [1.29, 1.82) is 0 Å². The number of rotatable bonds is 10. The van der Waals surface area contributed by atoms with Crippen molar-refractivity contribution in [1.82, 2.24) is 14.6 Å². The van der Waals surface area contributed by atoms with Crippen LogP contribution in [-0.4, -0.2) is 73.7 Å². The first kappa shape index (κ1) is 38.7. The molecule has 0 unspecified atom stereocenters. The van der Waals surface area contributed by atoms with Crippen molar-refractivity contribution in [2.75, 3.05) is 48.7 Å². The molecule has 0 spiro atoms. The Morgan fingerprint density at radius 3 is 2.27 bits per heavy atom. The number of carbonyl (C=O) groups excluding carboxylic acids is 2. The molecular formula is C40H34F3N5O5S2. The number of amides is 2. The van der Waals surface area contributed by atoms with Crippen molar-refractivity contribution in [3.05, 3.63) is 143 Å². The molecule has 1 fully saturated rings. The smallest absolute Gasteiger partial charge is 0.418 e. The summed E-state index contributed by atoms with van der Waals surface area (Å²) in [6.45, 7) is 1.96. The zero-order chi connectivity index (χ0) is 39.0. The monoisotopic (exact) mass is 785 g/mol. The Morgan fingerprint density at radius 2 is 1.56 bits per heavy atom. The Bertz CT molecular complexity index is 2340. The number of aromatic nitrogens is 1. The van der Waals surface area contributed by atoms with Gasteiger partial charge in [0.05, 0.1) is 22.2 Å². The van der Waals surface area contributed by atoms with Gasteiger partial charge in [0, 0.05) is 77.6 Å². The molecule has 10 nitrogen and oxygen atoms in total. The maximum Gasteiger partial charge on any atom is 0.418 e. The van der Waals surface area contributed by atoms with E-state index in [4.69, 9.17) is 0 Å². The molecule has 3 N–H and O–H groups in total. The number of piperazine rings is 1. The summed E-state index contributed by atoms with van der Waals surface area (Å²) in [7, 11) is -4.66. The number of nitrogens with zero attached hydrogens (tertiary/aromatic N) is 3. The second kappa shape index (κ2) is 17.0. The van der Waals surface area contributed by atoms with Crippen molar-refractivity contribution < 1.29 is 36.3 Å². The van der Waals surface area contributed by atoms with E-state index in [0.29, 0.717) is 54.7 Å². The zero-order valence-electron chi connectivity index (χ0n) is 29.1. The highest BCUT2D eigenvalue weighted by Crippen LogP contribution is 2.36. The quantitative estimate of drug-likeness (QED) is 0.0827. The molecule has 0 bridgehead atoms. The Hall–Kier alpha value is -5.98. The van der Waals surface area contributed by atoms with Crippen LogP contribution < -0.4 is 14.9 Å². The van der Waals surface area contributed by atoms with E-state index in [1.165, 1.54) is 42.4 Å². The number of pyridine rings is 1. The molecule has 1 aliphatic heterocycles. The van der Waals surface area contributed by atoms with Gasteiger partial charge in [0.15, 0.2) is 0 Å². The first-order valence-corrected chi connectivity index (χ1v) is 19.4. The highest BCUT2D eigenvalue weighted by atomic mass is 32.2. The molecule has 15 heteroatoms. The van der Waals surface area contributed by atoms with Crippen LogP contribution in [0.5, 0.6) is 5.75 Å². The van der Waals surface area contributed by atoms with E-state index in [1.54, 1.807) is 41.3 Å². The van der Waals surface area contributed by atoms with Gasteiger partial charge >= 0.3 is 6.18 Å². The molecular weight excluding hydrogens is 752 g/mol. The lowest BCUT2D eigenvalue weighted by atomic mass is 10.1. The molecule has 1 aromatic heterocycles. The molecule has 0 saturated carbocycles. The molecule has 1 aliphatic rings. The van der Waals surface area contributed by atoms with Crippen LogP contribution in [-0.2, 0) is 16.2 Å². The zero-order valence-corrected chi connectivity index (χ0v) is 30.7. The number of sulfonamides is 1. The van der Waals surface area contributed by atoms with Gasteiger partial charge in [-0.05, 0) is 72.8 Å². The van der Waals surface area contributed by atoms with Gasteiger partial charge in [-0.3, -0.25) is 14.6 Å². The lowest BCUT2D eigenvalue weighted by molar-refractivity contribution is -0.137. The molecule has 282 valence electrons. The molecule has 2 amide bonds. The Labute approximate surface area is 320 Å². The van der Waals surface area contributed by atoms with Gasteiger partial charge in [-0.2, -0.15) is 13.2 Å². The molecule has 0 aliphatic carbocycles. The number of carbonyl (C=O) groups is 2. The van der Waals surface area contributed by atoms with Gasteiger partial charge in [0.1, 0.15) is 5.75 Å². The average molecular weight is 786 g/mol. The molecule has 5 aromatic rings. The predicted octanol–water partition coefficient (Wildman–Crippen LogP) is 6.49. The van der Waals surface area contributed by atoms with Crippen LogP contribution in [0.2, 0.25) is 0 Å². The SMILES string of the molecule is O=C(NS(=O)(=O)c1ccc(NCCSc2ccccc2)c(C(F)(F)F)c1)c1ccc(N2CCN(C(=O)c3ccccc3C#Cc3cncc(O)c3)CC2)cc1. The fraction of sp³-hybridized carbons (Fsp3) is 0.175. The van der Waals surface area contributed by atoms with Crippen LogP contribution in [0.3, 0.4) is 0 Å². The summed E-state index contributed by atoms with van der Waals surface area (Å²) >= 11 is 1.46. The first-order valence-electron chi connectivity index (χ1n) is 17.0. The maximum absolute atomic E-state index is 14.0. The highest BCUT2D eigenvalue weighted by Gasteiger charge is 2.35. The van der Waals surface area contributed by atoms with Crippen LogP contribution in [0.25, 0.3) is 0 Å². The van der Waals surface area contributed by atoms with E-state index in [-0.39, 0.29) is 29.5 Å². The summed E-state index contributed by atoms with van der Waals surface area (Å²) in [5.41, 5.74) is 0.767. The summed E-state index contributed by atoms with van der Waals surface area (Å²) in [5, 5.41) is 12.4. The third-order valence-electron chi connectivity index (χ3n) is 8.55. The summed E-state index contributed by atoms with van der Waals surface area (Å²) < 4.78 is 70.0. The molecule has 6 rings (SSSR count). The van der Waals surface area contributed by atoms with Gasteiger partial charge in [-0.25, -0.2) is 13.1 Å². The minimum atomic E-state index is -4.86. The van der Waals surface area contributed by atoms with Gasteiger partial charge in [-0.1, -0.05) is 42.2 Å². The summed E-state index contributed by atoms with van der Waals surface area (Å²) in [5.74, 6) is 5.20. The van der Waals surface area contributed by atoms with E-state index in [0.717, 1.165) is 22.7 Å². The van der Waals surface area contributed by atoms with Gasteiger partial charge in [-0.15, -0.1) is 11.8 Å². The van der Waals surface area contributed by atoms with Gasteiger partial charge in [0.2, 0.25) is 0 Å². The fourth-order valence-corrected chi connectivity index (χ4v) is 7.56. The van der Waals surface area contributed by atoms with Crippen LogP contribution in [0.1, 0.15) is 37.4 Å². The Balaban J connectivity index is 1.05. The third-order valence-corrected chi connectivity index (χ3v) is 10.9. The Kier molecular flexibility index (Phi) is 12.0. The number of alkyl halides is 3. The molecule has 0 atom stereocenters. The van der Waals surface area contributed by atoms with Crippen molar-refractivity contribution in [2.24, 2.45) is 0 Å². The van der Waals surface area contributed by atoms with E-state index < -0.39 is 32.6 Å². The van der Waals surface area contributed by atoms with E-state index in [1.807, 2.05) is 40.0 Å². The molecule has 4 aromatic carbocycles. The second-order valence-corrected chi connectivity index (χ2v) is 15.1. The molecule has 55 heavy (non-hydrogen) atoms. The Morgan fingerprint density at radius 1 is 0.855 bits per heavy atom. The maximum atomic E-state index is 14.0. The second-order valence-electron chi connectivity index (χ2n) is 12.3. The van der Waals surface area contributed by atoms with Crippen LogP contribution >= 0.6 is 11.8 Å². The first-order chi connectivity index (χ1) is 26.4. The number of hydrogen-bond donors (Lipinski definition) is 3. The fourth-order valence-electron chi connectivity index (χ4n) is 5.77. The van der Waals surface area contributed by atoms with Crippen LogP contribution in [0.4, 0.5) is 24.5 Å². The highest BCUT2D eigenvalue weighted by molar-refractivity contribution is 7.99. The minimum absolute atomic E-state index is 0.00870. The van der Waals surface area contributed by atoms with Crippen molar-refractivity contribution in [2.45, 2.75) is 16.0 Å². The summed E-state index contributed by atoms with van der Waals surface area (Å²) in [6, 6.07) is 26.5. The van der Waals surface area contributed by atoms with Gasteiger partial charge < -0.3 is 20.2 Å². The number of nitrogens with one attached hydrogen (secondary N) is 2. The largest absolute Gasteiger partial charge is 0.506 e. The minimum Gasteiger partial charge on any atom is -0.506 e. The van der Waals surface area contributed by atoms with Crippen molar-refractivity contribution in [3.63, 3.8) is 0 Å². The number of aromatic hydroxyl groups is 1. The number of halogens is 3. The molecule has 0 radical (unpaired) electrons. The summed E-state index contributed by atoms with van der Waals surface area (Å²) in [6.07, 6.45) is -2.04. The van der Waals surface area contributed by atoms with E-state index >= 15 is 0 Å². The summed E-state index contributed by atoms with van der Waals surface area (Å²) in [4.78, 5) is 34.4. The predicted molar refractivity (Wildman–Crippen MR) is 205 cm³/mol. The lowest BCUT2D eigenvalue weighted by Gasteiger charge is -2.36. The normalized spacial score (nSPS) is 13.1. The molecule has 2 heterocycles. The van der Waals surface area contributed by atoms with Crippen molar-refractivity contribution in [3.8, 4) is 17.6 Å². The number of thioether (sulfide) groups is 1. The van der Waals surface area contributed by atoms with Crippen LogP contribution in [0.15, 0.2) is 125 Å². The third kappa shape index (κ3) is 9.97. The number of hydrogen-bond acceptors (Lipinski definition) is 9. The van der Waals surface area contributed by atoms with Crippen molar-refractivity contribution >= 4 is 45.0 Å². The van der Waals surface area contributed by atoms with E-state index in [9.17, 15) is 36.3 Å². The number of anilines is 2.